The van der Waals surface area contributed by atoms with Gasteiger partial charge in [-0.25, -0.2) is 0 Å². The maximum Gasteiger partial charge on any atom is 0.253 e. The first-order valence-electron chi connectivity index (χ1n) is 10.8. The number of allylic oxidation sites excluding steroid dienone is 2. The number of benzene rings is 1. The second-order valence-electron chi connectivity index (χ2n) is 8.17. The van der Waals surface area contributed by atoms with Crippen LogP contribution in [0.3, 0.4) is 0 Å². The molecule has 4 rings (SSSR count). The normalized spacial score (nSPS) is 24.9. The summed E-state index contributed by atoms with van der Waals surface area (Å²) in [6, 6.07) is 6.77. The average Bonchev–Trinajstić information content (AvgIpc) is 3.39. The Kier molecular flexibility index (Phi) is 6.46. The van der Waals surface area contributed by atoms with E-state index in [9.17, 15) is 19.2 Å². The highest BCUT2D eigenvalue weighted by atomic mass is 16.5. The van der Waals surface area contributed by atoms with E-state index >= 15 is 0 Å². The Morgan fingerprint density at radius 2 is 1.77 bits per heavy atom. The minimum atomic E-state index is -0.354. The molecule has 31 heavy (non-hydrogen) atoms. The van der Waals surface area contributed by atoms with Gasteiger partial charge < -0.3 is 15.4 Å². The quantitative estimate of drug-likeness (QED) is 0.513. The number of carbonyl (C=O) groups excluding carboxylic acids is 4. The second kappa shape index (κ2) is 9.43. The largest absolute Gasteiger partial charge is 0.376 e. The number of hydrogen-bond acceptors (Lipinski definition) is 5. The molecule has 2 N–H and O–H groups in total. The number of nitrogens with one attached hydrogen (secondary N) is 2. The zero-order valence-corrected chi connectivity index (χ0v) is 17.3. The molecule has 8 nitrogen and oxygen atoms in total. The number of hydrogen-bond donors (Lipinski definition) is 2. The molecule has 2 heterocycles. The molecule has 2 aliphatic heterocycles. The lowest BCUT2D eigenvalue weighted by atomic mass is 9.85. The molecule has 0 aromatic heterocycles. The van der Waals surface area contributed by atoms with Crippen molar-refractivity contribution in [1.29, 1.82) is 0 Å². The Bertz CT molecular complexity index is 880. The highest BCUT2D eigenvalue weighted by molar-refractivity contribution is 6.06. The van der Waals surface area contributed by atoms with Gasteiger partial charge in [0.25, 0.3) is 5.91 Å². The number of amides is 4. The lowest BCUT2D eigenvalue weighted by Gasteiger charge is -2.16. The highest BCUT2D eigenvalue weighted by Gasteiger charge is 2.46. The predicted molar refractivity (Wildman–Crippen MR) is 113 cm³/mol. The van der Waals surface area contributed by atoms with Gasteiger partial charge in [0.15, 0.2) is 0 Å². The van der Waals surface area contributed by atoms with Gasteiger partial charge in [-0.05, 0) is 37.8 Å². The first-order chi connectivity index (χ1) is 15.0. The molecule has 1 aromatic rings. The Balaban J connectivity index is 1.32. The number of para-hydroxylation sites is 1. The van der Waals surface area contributed by atoms with Crippen molar-refractivity contribution < 1.29 is 23.9 Å². The zero-order chi connectivity index (χ0) is 21.8. The minimum absolute atomic E-state index is 0.0176. The highest BCUT2D eigenvalue weighted by Crippen LogP contribution is 2.35. The molecule has 2 fully saturated rings. The van der Waals surface area contributed by atoms with Crippen molar-refractivity contribution in [3.05, 3.63) is 42.0 Å². The summed E-state index contributed by atoms with van der Waals surface area (Å²) in [5.74, 6) is -1.62. The van der Waals surface area contributed by atoms with Gasteiger partial charge in [0.2, 0.25) is 17.7 Å². The van der Waals surface area contributed by atoms with Gasteiger partial charge in [-0.3, -0.25) is 24.1 Å². The Morgan fingerprint density at radius 3 is 2.45 bits per heavy atom. The molecule has 0 radical (unpaired) electrons. The van der Waals surface area contributed by atoms with E-state index in [0.717, 1.165) is 12.8 Å². The third kappa shape index (κ3) is 4.69. The fraction of sp³-hybridized carbons (Fsp3) is 0.478. The summed E-state index contributed by atoms with van der Waals surface area (Å²) in [6.45, 7) is 1.19. The van der Waals surface area contributed by atoms with Crippen LogP contribution in [0.25, 0.3) is 0 Å². The molecule has 3 atom stereocenters. The lowest BCUT2D eigenvalue weighted by Crippen LogP contribution is -2.34. The smallest absolute Gasteiger partial charge is 0.253 e. The maximum atomic E-state index is 12.6. The van der Waals surface area contributed by atoms with Crippen molar-refractivity contribution in [3.63, 3.8) is 0 Å². The van der Waals surface area contributed by atoms with Crippen LogP contribution in [-0.4, -0.2) is 54.3 Å². The zero-order valence-electron chi connectivity index (χ0n) is 17.3. The molecule has 0 unspecified atom stereocenters. The summed E-state index contributed by atoms with van der Waals surface area (Å²) < 4.78 is 5.52. The van der Waals surface area contributed by atoms with E-state index in [1.165, 1.54) is 4.90 Å². The van der Waals surface area contributed by atoms with Gasteiger partial charge in [-0.15, -0.1) is 0 Å². The SMILES string of the molecule is O=C(CCN1C(=O)[C@H]2CC=CC[C@H]2C1=O)Nc1ccccc1C(=O)NC[C@H]1CCCO1. The van der Waals surface area contributed by atoms with Crippen LogP contribution < -0.4 is 10.6 Å². The molecule has 4 amide bonds. The molecular formula is C23H27N3O5. The molecule has 1 aromatic carbocycles. The van der Waals surface area contributed by atoms with E-state index in [1.807, 2.05) is 12.2 Å². The molecule has 3 aliphatic rings. The van der Waals surface area contributed by atoms with Crippen molar-refractivity contribution in [2.24, 2.45) is 11.8 Å². The van der Waals surface area contributed by atoms with Crippen LogP contribution in [0.5, 0.6) is 0 Å². The lowest BCUT2D eigenvalue weighted by molar-refractivity contribution is -0.140. The molecular weight excluding hydrogens is 398 g/mol. The number of likely N-dealkylation sites (tertiary alicyclic amines) is 1. The predicted octanol–water partition coefficient (Wildman–Crippen LogP) is 1.88. The third-order valence-corrected chi connectivity index (χ3v) is 6.12. The van der Waals surface area contributed by atoms with E-state index < -0.39 is 0 Å². The van der Waals surface area contributed by atoms with Crippen molar-refractivity contribution >= 4 is 29.3 Å². The average molecular weight is 425 g/mol. The van der Waals surface area contributed by atoms with Gasteiger partial charge in [-0.1, -0.05) is 24.3 Å². The fourth-order valence-corrected chi connectivity index (χ4v) is 4.41. The standard InChI is InChI=1S/C23H27N3O5/c27-20(11-12-26-22(29)16-7-1-2-8-17(16)23(26)30)25-19-10-4-3-9-18(19)21(28)24-14-15-6-5-13-31-15/h1-4,9-10,15-17H,5-8,11-14H2,(H,24,28)(H,25,27)/t15-,16-,17+/m1/s1. The number of ether oxygens (including phenoxy) is 1. The van der Waals surface area contributed by atoms with E-state index in [-0.39, 0.29) is 54.5 Å². The van der Waals surface area contributed by atoms with Crippen LogP contribution in [0.4, 0.5) is 5.69 Å². The van der Waals surface area contributed by atoms with Gasteiger partial charge in [0.05, 0.1) is 29.2 Å². The van der Waals surface area contributed by atoms with E-state index in [4.69, 9.17) is 4.74 Å². The molecule has 0 saturated carbocycles. The molecule has 0 bridgehead atoms. The Morgan fingerprint density at radius 1 is 1.06 bits per heavy atom. The van der Waals surface area contributed by atoms with Crippen LogP contribution in [-0.2, 0) is 19.1 Å². The van der Waals surface area contributed by atoms with E-state index in [2.05, 4.69) is 10.6 Å². The summed E-state index contributed by atoms with van der Waals surface area (Å²) >= 11 is 0. The van der Waals surface area contributed by atoms with Crippen molar-refractivity contribution in [1.82, 2.24) is 10.2 Å². The van der Waals surface area contributed by atoms with E-state index in [1.54, 1.807) is 24.3 Å². The number of rotatable bonds is 7. The van der Waals surface area contributed by atoms with Crippen molar-refractivity contribution in [2.45, 2.75) is 38.2 Å². The van der Waals surface area contributed by atoms with Crippen LogP contribution >= 0.6 is 0 Å². The molecule has 1 aliphatic carbocycles. The summed E-state index contributed by atoms with van der Waals surface area (Å²) in [4.78, 5) is 51.3. The Hall–Kier alpha value is -3.00. The molecule has 8 heteroatoms. The molecule has 164 valence electrons. The first kappa shape index (κ1) is 21.2. The van der Waals surface area contributed by atoms with Crippen LogP contribution in [0.2, 0.25) is 0 Å². The number of carbonyl (C=O) groups is 4. The summed E-state index contributed by atoms with van der Waals surface area (Å²) in [7, 11) is 0. The van der Waals surface area contributed by atoms with Crippen LogP contribution in [0.15, 0.2) is 36.4 Å². The fourth-order valence-electron chi connectivity index (χ4n) is 4.41. The van der Waals surface area contributed by atoms with Gasteiger partial charge in [-0.2, -0.15) is 0 Å². The minimum Gasteiger partial charge on any atom is -0.376 e. The third-order valence-electron chi connectivity index (χ3n) is 6.12. The Labute approximate surface area is 181 Å². The van der Waals surface area contributed by atoms with Crippen LogP contribution in [0.1, 0.15) is 42.5 Å². The molecule has 2 saturated heterocycles. The van der Waals surface area contributed by atoms with Crippen molar-refractivity contribution in [2.75, 3.05) is 25.0 Å². The second-order valence-corrected chi connectivity index (χ2v) is 8.17. The molecule has 0 spiro atoms. The summed E-state index contributed by atoms with van der Waals surface area (Å²) in [5.41, 5.74) is 0.758. The first-order valence-corrected chi connectivity index (χ1v) is 10.8. The number of nitrogens with zero attached hydrogens (tertiary/aromatic N) is 1. The van der Waals surface area contributed by atoms with Crippen LogP contribution in [0, 0.1) is 11.8 Å². The summed E-state index contributed by atoms with van der Waals surface area (Å²) in [6.07, 6.45) is 6.94. The number of imide groups is 1. The number of anilines is 1. The number of fused-ring (bicyclic) bond motifs is 1. The monoisotopic (exact) mass is 425 g/mol. The van der Waals surface area contributed by atoms with Gasteiger partial charge in [0.1, 0.15) is 0 Å². The summed E-state index contributed by atoms with van der Waals surface area (Å²) in [5, 5.41) is 5.60. The van der Waals surface area contributed by atoms with E-state index in [0.29, 0.717) is 37.2 Å². The topological polar surface area (TPSA) is 105 Å². The maximum absolute atomic E-state index is 12.6. The van der Waals surface area contributed by atoms with Gasteiger partial charge >= 0.3 is 0 Å². The van der Waals surface area contributed by atoms with Crippen molar-refractivity contribution in [3.8, 4) is 0 Å². The van der Waals surface area contributed by atoms with Gasteiger partial charge in [0, 0.05) is 26.1 Å².